The number of hydrogen-bond acceptors (Lipinski definition) is 15. The normalized spacial score (nSPS) is 14.2. The Hall–Kier alpha value is -1.94. The Morgan fingerprint density at radius 1 is 0.289 bits per heavy atom. The Balaban J connectivity index is 5.25. The van der Waals surface area contributed by atoms with Crippen molar-refractivity contribution in [2.24, 2.45) is 5.92 Å². The van der Waals surface area contributed by atoms with Gasteiger partial charge in [-0.3, -0.25) is 37.3 Å². The van der Waals surface area contributed by atoms with Gasteiger partial charge in [0.2, 0.25) is 0 Å². The van der Waals surface area contributed by atoms with Crippen molar-refractivity contribution in [3.05, 3.63) is 0 Å². The van der Waals surface area contributed by atoms with Crippen LogP contribution in [-0.2, 0) is 65.4 Å². The zero-order valence-electron chi connectivity index (χ0n) is 63.2. The standard InChI is InChI=1S/C78H152O17P2/c1-6-10-13-16-19-22-25-30-36-41-46-51-56-61-75(80)88-67-73(94-77(82)63-58-53-48-43-38-32-27-24-21-18-15-12-8-3)69-92-96(84,85)90-65-72(79)66-91-97(86,87)93-70-74(68-89-76(81)62-57-52-47-42-37-31-26-23-20-17-14-11-7-2)95-78(83)64-59-54-49-44-39-34-29-28-33-35-40-45-50-55-60-71(5)9-4/h71-74,79H,6-70H2,1-5H3,(H,84,85)(H,86,87)/t71?,72-,73+,74+/m0/s1. The first kappa shape index (κ1) is 95.1. The molecule has 0 aromatic carbocycles. The number of ether oxygens (including phenoxy) is 4. The first-order valence-corrected chi connectivity index (χ1v) is 43.7. The Morgan fingerprint density at radius 3 is 0.732 bits per heavy atom. The molecule has 6 atom stereocenters. The maximum atomic E-state index is 13.1. The summed E-state index contributed by atoms with van der Waals surface area (Å²) in [6.45, 7) is 7.37. The van der Waals surface area contributed by atoms with E-state index >= 15 is 0 Å². The summed E-state index contributed by atoms with van der Waals surface area (Å²) in [7, 11) is -9.91. The summed E-state index contributed by atoms with van der Waals surface area (Å²) in [5.74, 6) is -1.26. The highest BCUT2D eigenvalue weighted by atomic mass is 31.2. The number of phosphoric ester groups is 2. The second kappa shape index (κ2) is 71.1. The van der Waals surface area contributed by atoms with Gasteiger partial charge in [0.1, 0.15) is 19.3 Å². The third-order valence-corrected chi connectivity index (χ3v) is 20.5. The molecule has 0 saturated carbocycles. The van der Waals surface area contributed by atoms with Crippen LogP contribution in [0.25, 0.3) is 0 Å². The third-order valence-electron chi connectivity index (χ3n) is 18.6. The lowest BCUT2D eigenvalue weighted by molar-refractivity contribution is -0.161. The van der Waals surface area contributed by atoms with Gasteiger partial charge in [0.15, 0.2) is 12.2 Å². The van der Waals surface area contributed by atoms with Crippen molar-refractivity contribution in [1.82, 2.24) is 0 Å². The molecule has 0 radical (unpaired) electrons. The fourth-order valence-corrected chi connectivity index (χ4v) is 13.6. The maximum absolute atomic E-state index is 13.1. The highest BCUT2D eigenvalue weighted by Gasteiger charge is 2.30. The molecule has 0 aromatic rings. The number of aliphatic hydroxyl groups is 1. The number of carbonyl (C=O) groups is 4. The Labute approximate surface area is 594 Å². The summed E-state index contributed by atoms with van der Waals surface area (Å²) in [6.07, 6.45) is 60.7. The molecule has 0 heterocycles. The monoisotopic (exact) mass is 1420 g/mol. The van der Waals surface area contributed by atoms with Gasteiger partial charge in [-0.2, -0.15) is 0 Å². The summed E-state index contributed by atoms with van der Waals surface area (Å²) in [6, 6.07) is 0. The minimum absolute atomic E-state index is 0.108. The Bertz CT molecular complexity index is 1860. The van der Waals surface area contributed by atoms with E-state index in [2.05, 4.69) is 34.6 Å². The molecular formula is C78H152O17P2. The van der Waals surface area contributed by atoms with Crippen molar-refractivity contribution in [2.45, 2.75) is 432 Å². The molecule has 0 aromatic heterocycles. The smallest absolute Gasteiger partial charge is 0.462 e. The Kier molecular flexibility index (Phi) is 69.6. The molecular weight excluding hydrogens is 1270 g/mol. The highest BCUT2D eigenvalue weighted by molar-refractivity contribution is 7.47. The predicted molar refractivity (Wildman–Crippen MR) is 395 cm³/mol. The second-order valence-corrected chi connectivity index (χ2v) is 31.3. The molecule has 0 aliphatic rings. The number of hydrogen-bond donors (Lipinski definition) is 3. The van der Waals surface area contributed by atoms with E-state index < -0.39 is 97.5 Å². The second-order valence-electron chi connectivity index (χ2n) is 28.3. The molecule has 576 valence electrons. The summed E-state index contributed by atoms with van der Waals surface area (Å²) in [5, 5.41) is 10.6. The summed E-state index contributed by atoms with van der Waals surface area (Å²) in [5.41, 5.74) is 0. The van der Waals surface area contributed by atoms with E-state index in [-0.39, 0.29) is 25.7 Å². The first-order valence-electron chi connectivity index (χ1n) is 40.7. The molecule has 97 heavy (non-hydrogen) atoms. The number of unbranched alkanes of at least 4 members (excludes halogenated alkanes) is 49. The van der Waals surface area contributed by atoms with Gasteiger partial charge >= 0.3 is 39.5 Å². The van der Waals surface area contributed by atoms with Crippen LogP contribution >= 0.6 is 15.6 Å². The summed E-state index contributed by atoms with van der Waals surface area (Å²) >= 11 is 0. The molecule has 0 aliphatic carbocycles. The van der Waals surface area contributed by atoms with Crippen LogP contribution in [0, 0.1) is 5.92 Å². The molecule has 0 spiro atoms. The SMILES string of the molecule is CCCCCCCCCCCCCCCC(=O)OC[C@H](COP(=O)(O)OC[C@H](O)COP(=O)(O)OC[C@@H](COC(=O)CCCCCCCCCCCCCCC)OC(=O)CCCCCCCCCCCCCCCCC(C)CC)OC(=O)CCCCCCCCCCCCCCC. The van der Waals surface area contributed by atoms with Crippen molar-refractivity contribution in [2.75, 3.05) is 39.6 Å². The van der Waals surface area contributed by atoms with Crippen molar-refractivity contribution < 1.29 is 80.2 Å². The minimum atomic E-state index is -4.96. The van der Waals surface area contributed by atoms with Crippen molar-refractivity contribution in [3.8, 4) is 0 Å². The zero-order valence-corrected chi connectivity index (χ0v) is 65.0. The van der Waals surface area contributed by atoms with Crippen LogP contribution in [-0.4, -0.2) is 96.7 Å². The molecule has 0 saturated heterocycles. The van der Waals surface area contributed by atoms with Crippen LogP contribution in [0.4, 0.5) is 0 Å². The van der Waals surface area contributed by atoms with Gasteiger partial charge < -0.3 is 33.8 Å². The average Bonchev–Trinajstić information content (AvgIpc) is 1.23. The number of rotatable bonds is 78. The molecule has 17 nitrogen and oxygen atoms in total. The van der Waals surface area contributed by atoms with E-state index in [4.69, 9.17) is 37.0 Å². The predicted octanol–water partition coefficient (Wildman–Crippen LogP) is 23.3. The van der Waals surface area contributed by atoms with Gasteiger partial charge in [-0.1, -0.05) is 362 Å². The van der Waals surface area contributed by atoms with Gasteiger partial charge in [0, 0.05) is 25.7 Å². The van der Waals surface area contributed by atoms with Gasteiger partial charge in [-0.05, 0) is 31.6 Å². The average molecular weight is 1420 g/mol. The topological polar surface area (TPSA) is 237 Å². The fraction of sp³-hybridized carbons (Fsp3) is 0.949. The van der Waals surface area contributed by atoms with Gasteiger partial charge in [0.05, 0.1) is 26.4 Å². The highest BCUT2D eigenvalue weighted by Crippen LogP contribution is 2.45. The van der Waals surface area contributed by atoms with Crippen LogP contribution in [0.5, 0.6) is 0 Å². The molecule has 0 aliphatic heterocycles. The van der Waals surface area contributed by atoms with E-state index in [1.165, 1.54) is 238 Å². The van der Waals surface area contributed by atoms with Crippen LogP contribution in [0.3, 0.4) is 0 Å². The van der Waals surface area contributed by atoms with E-state index in [0.717, 1.165) is 95.8 Å². The van der Waals surface area contributed by atoms with E-state index in [0.29, 0.717) is 25.7 Å². The van der Waals surface area contributed by atoms with E-state index in [9.17, 15) is 43.2 Å². The van der Waals surface area contributed by atoms with E-state index in [1.807, 2.05) is 0 Å². The Morgan fingerprint density at radius 2 is 0.495 bits per heavy atom. The van der Waals surface area contributed by atoms with Gasteiger partial charge in [-0.25, -0.2) is 9.13 Å². The number of aliphatic hydroxyl groups excluding tert-OH is 1. The molecule has 3 N–H and O–H groups in total. The number of phosphoric acid groups is 2. The van der Waals surface area contributed by atoms with E-state index in [1.54, 1.807) is 0 Å². The largest absolute Gasteiger partial charge is 0.472 e. The molecule has 0 amide bonds. The lowest BCUT2D eigenvalue weighted by Crippen LogP contribution is -2.30. The number of esters is 4. The summed E-state index contributed by atoms with van der Waals surface area (Å²) < 4.78 is 68.6. The third kappa shape index (κ3) is 70.9. The van der Waals surface area contributed by atoms with Crippen molar-refractivity contribution >= 4 is 39.5 Å². The maximum Gasteiger partial charge on any atom is 0.472 e. The minimum Gasteiger partial charge on any atom is -0.462 e. The molecule has 0 fully saturated rings. The van der Waals surface area contributed by atoms with Crippen LogP contribution in [0.1, 0.15) is 413 Å². The van der Waals surface area contributed by atoms with Crippen LogP contribution in [0.2, 0.25) is 0 Å². The van der Waals surface area contributed by atoms with Gasteiger partial charge in [0.25, 0.3) is 0 Å². The first-order chi connectivity index (χ1) is 47.1. The molecule has 19 heteroatoms. The van der Waals surface area contributed by atoms with Crippen molar-refractivity contribution in [1.29, 1.82) is 0 Å². The van der Waals surface area contributed by atoms with Crippen LogP contribution < -0.4 is 0 Å². The zero-order chi connectivity index (χ0) is 71.2. The summed E-state index contributed by atoms with van der Waals surface area (Å²) in [4.78, 5) is 72.9. The number of carbonyl (C=O) groups excluding carboxylic acids is 4. The molecule has 0 rings (SSSR count). The van der Waals surface area contributed by atoms with Gasteiger partial charge in [-0.15, -0.1) is 0 Å². The molecule has 0 bridgehead atoms. The fourth-order valence-electron chi connectivity index (χ4n) is 12.0. The quantitative estimate of drug-likeness (QED) is 0.0222. The van der Waals surface area contributed by atoms with Crippen molar-refractivity contribution in [3.63, 3.8) is 0 Å². The molecule has 3 unspecified atom stereocenters. The lowest BCUT2D eigenvalue weighted by atomic mass is 9.99. The van der Waals surface area contributed by atoms with Crippen LogP contribution in [0.15, 0.2) is 0 Å². The lowest BCUT2D eigenvalue weighted by Gasteiger charge is -2.21.